The monoisotopic (exact) mass is 477 g/mol. The topological polar surface area (TPSA) is 117 Å². The predicted molar refractivity (Wildman–Crippen MR) is 116 cm³/mol. The molecule has 1 aliphatic rings. The number of esters is 1. The second-order valence-electron chi connectivity index (χ2n) is 6.71. The first-order chi connectivity index (χ1) is 15.3. The van der Waals surface area contributed by atoms with Gasteiger partial charge in [0.2, 0.25) is 10.0 Å². The van der Waals surface area contributed by atoms with Crippen molar-refractivity contribution in [3.05, 3.63) is 59.1 Å². The minimum absolute atomic E-state index is 0.0339. The molecular formula is C21H20ClN3O6S. The maximum atomic E-state index is 12.9. The van der Waals surface area contributed by atoms with Crippen molar-refractivity contribution in [3.63, 3.8) is 0 Å². The lowest BCUT2D eigenvalue weighted by Gasteiger charge is -2.26. The Morgan fingerprint density at radius 2 is 1.84 bits per heavy atom. The number of morpholine rings is 1. The van der Waals surface area contributed by atoms with Gasteiger partial charge >= 0.3 is 5.97 Å². The number of nitrogens with zero attached hydrogens (tertiary/aromatic N) is 3. The Balaban J connectivity index is 1.73. The molecule has 11 heteroatoms. The van der Waals surface area contributed by atoms with Crippen molar-refractivity contribution in [2.24, 2.45) is 0 Å². The van der Waals surface area contributed by atoms with Crippen molar-refractivity contribution in [1.82, 2.24) is 4.31 Å². The lowest BCUT2D eigenvalue weighted by molar-refractivity contribution is -0.121. The van der Waals surface area contributed by atoms with E-state index in [1.54, 1.807) is 30.3 Å². The summed E-state index contributed by atoms with van der Waals surface area (Å²) in [4.78, 5) is 26.0. The number of benzene rings is 2. The van der Waals surface area contributed by atoms with E-state index in [9.17, 15) is 18.0 Å². The largest absolute Gasteiger partial charge is 0.452 e. The SMILES string of the molecule is N#CCN(C(=O)COC(=O)c1ccc(Cl)c(S(=O)(=O)N2CCOCC2)c1)c1ccccc1. The van der Waals surface area contributed by atoms with Crippen molar-refractivity contribution < 1.29 is 27.5 Å². The third kappa shape index (κ3) is 5.44. The highest BCUT2D eigenvalue weighted by Gasteiger charge is 2.29. The van der Waals surface area contributed by atoms with E-state index in [1.807, 2.05) is 6.07 Å². The zero-order valence-corrected chi connectivity index (χ0v) is 18.5. The van der Waals surface area contributed by atoms with Crippen LogP contribution < -0.4 is 4.90 Å². The van der Waals surface area contributed by atoms with Crippen molar-refractivity contribution in [2.75, 3.05) is 44.4 Å². The highest BCUT2D eigenvalue weighted by atomic mass is 35.5. The number of ether oxygens (including phenoxy) is 2. The predicted octanol–water partition coefficient (Wildman–Crippen LogP) is 2.07. The van der Waals surface area contributed by atoms with Gasteiger partial charge < -0.3 is 9.47 Å². The third-order valence-corrected chi connectivity index (χ3v) is 7.06. The summed E-state index contributed by atoms with van der Waals surface area (Å²) in [6.45, 7) is 0.0432. The number of halogens is 1. The molecule has 3 rings (SSSR count). The molecule has 0 radical (unpaired) electrons. The summed E-state index contributed by atoms with van der Waals surface area (Å²) < 4.78 is 37.3. The van der Waals surface area contributed by atoms with Crippen molar-refractivity contribution >= 4 is 39.2 Å². The van der Waals surface area contributed by atoms with Crippen LogP contribution in [0.4, 0.5) is 5.69 Å². The van der Waals surface area contributed by atoms with Crippen LogP contribution in [-0.4, -0.2) is 64.1 Å². The van der Waals surface area contributed by atoms with Gasteiger partial charge in [-0.25, -0.2) is 13.2 Å². The second-order valence-corrected chi connectivity index (χ2v) is 9.02. The smallest absolute Gasteiger partial charge is 0.338 e. The molecule has 1 aliphatic heterocycles. The summed E-state index contributed by atoms with van der Waals surface area (Å²) in [5, 5.41) is 8.98. The molecule has 2 aromatic carbocycles. The Bertz CT molecular complexity index is 1130. The van der Waals surface area contributed by atoms with Gasteiger partial charge in [0.05, 0.1) is 29.9 Å². The number of carbonyl (C=O) groups is 2. The van der Waals surface area contributed by atoms with Crippen LogP contribution in [0.1, 0.15) is 10.4 Å². The summed E-state index contributed by atoms with van der Waals surface area (Å²) in [5.41, 5.74) is 0.418. The fourth-order valence-corrected chi connectivity index (χ4v) is 4.95. The highest BCUT2D eigenvalue weighted by molar-refractivity contribution is 7.89. The number of hydrogen-bond donors (Lipinski definition) is 0. The minimum Gasteiger partial charge on any atom is -0.452 e. The number of rotatable bonds is 7. The molecule has 0 spiro atoms. The lowest BCUT2D eigenvalue weighted by atomic mass is 10.2. The molecule has 1 saturated heterocycles. The van der Waals surface area contributed by atoms with Crippen molar-refractivity contribution in [1.29, 1.82) is 5.26 Å². The van der Waals surface area contributed by atoms with Gasteiger partial charge in [-0.3, -0.25) is 9.69 Å². The van der Waals surface area contributed by atoms with Crippen LogP contribution in [0.5, 0.6) is 0 Å². The molecule has 1 fully saturated rings. The normalized spacial score (nSPS) is 14.4. The molecule has 0 N–H and O–H groups in total. The molecule has 32 heavy (non-hydrogen) atoms. The Morgan fingerprint density at radius 1 is 1.16 bits per heavy atom. The van der Waals surface area contributed by atoms with E-state index in [0.717, 1.165) is 6.07 Å². The quantitative estimate of drug-likeness (QED) is 0.442. The fourth-order valence-electron chi connectivity index (χ4n) is 3.04. The number of hydrogen-bond acceptors (Lipinski definition) is 7. The van der Waals surface area contributed by atoms with E-state index in [2.05, 4.69) is 0 Å². The van der Waals surface area contributed by atoms with E-state index >= 15 is 0 Å². The summed E-state index contributed by atoms with van der Waals surface area (Å²) in [5.74, 6) is -1.49. The van der Waals surface area contributed by atoms with Crippen LogP contribution in [0.15, 0.2) is 53.4 Å². The first kappa shape index (κ1) is 23.7. The van der Waals surface area contributed by atoms with Gasteiger partial charge in [0.15, 0.2) is 6.61 Å². The summed E-state index contributed by atoms with van der Waals surface area (Å²) in [6, 6.07) is 14.1. The van der Waals surface area contributed by atoms with Crippen molar-refractivity contribution in [2.45, 2.75) is 4.90 Å². The first-order valence-corrected chi connectivity index (χ1v) is 11.4. The Labute approximate surface area is 190 Å². The fraction of sp³-hybridized carbons (Fsp3) is 0.286. The molecule has 0 aliphatic carbocycles. The highest BCUT2D eigenvalue weighted by Crippen LogP contribution is 2.27. The molecule has 2 aromatic rings. The Morgan fingerprint density at radius 3 is 2.50 bits per heavy atom. The summed E-state index contributed by atoms with van der Waals surface area (Å²) in [6.07, 6.45) is 0. The van der Waals surface area contributed by atoms with Crippen LogP contribution >= 0.6 is 11.6 Å². The van der Waals surface area contributed by atoms with Crippen LogP contribution in [0.2, 0.25) is 5.02 Å². The Hall–Kier alpha value is -2.97. The minimum atomic E-state index is -3.93. The molecule has 0 bridgehead atoms. The van der Waals surface area contributed by atoms with Gasteiger partial charge in [-0.05, 0) is 30.3 Å². The molecule has 9 nitrogen and oxygen atoms in total. The van der Waals surface area contributed by atoms with Gasteiger partial charge in [-0.15, -0.1) is 0 Å². The van der Waals surface area contributed by atoms with E-state index in [1.165, 1.54) is 21.3 Å². The number of anilines is 1. The number of nitriles is 1. The molecule has 1 heterocycles. The molecular weight excluding hydrogens is 458 g/mol. The lowest BCUT2D eigenvalue weighted by Crippen LogP contribution is -2.40. The van der Waals surface area contributed by atoms with Gasteiger partial charge in [-0.1, -0.05) is 29.8 Å². The van der Waals surface area contributed by atoms with Crippen LogP contribution in [0.3, 0.4) is 0 Å². The average molecular weight is 478 g/mol. The number of amides is 1. The molecule has 0 unspecified atom stereocenters. The maximum absolute atomic E-state index is 12.9. The third-order valence-electron chi connectivity index (χ3n) is 4.68. The molecule has 0 saturated carbocycles. The second kappa shape index (κ2) is 10.6. The van der Waals surface area contributed by atoms with Gasteiger partial charge in [-0.2, -0.15) is 9.57 Å². The van der Waals surface area contributed by atoms with E-state index in [-0.39, 0.29) is 48.3 Å². The molecule has 0 atom stereocenters. The Kier molecular flexibility index (Phi) is 7.82. The van der Waals surface area contributed by atoms with Crippen LogP contribution in [0.25, 0.3) is 0 Å². The van der Waals surface area contributed by atoms with Gasteiger partial charge in [0, 0.05) is 18.8 Å². The summed E-state index contributed by atoms with van der Waals surface area (Å²) >= 11 is 6.10. The number of carbonyl (C=O) groups excluding carboxylic acids is 2. The first-order valence-electron chi connectivity index (χ1n) is 9.61. The van der Waals surface area contributed by atoms with E-state index in [0.29, 0.717) is 5.69 Å². The van der Waals surface area contributed by atoms with Crippen LogP contribution in [-0.2, 0) is 24.3 Å². The molecule has 0 aromatic heterocycles. The molecule has 1 amide bonds. The zero-order valence-electron chi connectivity index (χ0n) is 16.9. The van der Waals surface area contributed by atoms with Gasteiger partial charge in [0.1, 0.15) is 11.4 Å². The number of sulfonamides is 1. The zero-order chi connectivity index (χ0) is 23.1. The van der Waals surface area contributed by atoms with E-state index < -0.39 is 28.5 Å². The van der Waals surface area contributed by atoms with Gasteiger partial charge in [0.25, 0.3) is 5.91 Å². The maximum Gasteiger partial charge on any atom is 0.338 e. The standard InChI is InChI=1S/C21H20ClN3O6S/c22-18-7-6-16(14-19(18)32(28,29)24-10-12-30-13-11-24)21(27)31-15-20(26)25(9-8-23)17-4-2-1-3-5-17/h1-7,14H,9-13,15H2. The van der Waals surface area contributed by atoms with E-state index in [4.69, 9.17) is 26.3 Å². The number of para-hydroxylation sites is 1. The van der Waals surface area contributed by atoms with Crippen LogP contribution in [0, 0.1) is 11.3 Å². The molecule has 168 valence electrons. The van der Waals surface area contributed by atoms with Crippen molar-refractivity contribution in [3.8, 4) is 6.07 Å². The summed E-state index contributed by atoms with van der Waals surface area (Å²) in [7, 11) is -3.93. The average Bonchev–Trinajstić information content (AvgIpc) is 2.82.